The minimum absolute atomic E-state index is 0.319. The second-order valence-corrected chi connectivity index (χ2v) is 12.1. The van der Waals surface area contributed by atoms with Crippen LogP contribution in [0, 0.1) is 0 Å². The zero-order valence-electron chi connectivity index (χ0n) is 25.2. The van der Waals surface area contributed by atoms with Gasteiger partial charge in [-0.05, 0) is 83.2 Å². The number of para-hydroxylation sites is 3. The Hall–Kier alpha value is -6.39. The highest BCUT2D eigenvalue weighted by molar-refractivity contribution is 6.13. The van der Waals surface area contributed by atoms with Gasteiger partial charge in [-0.2, -0.15) is 0 Å². The van der Waals surface area contributed by atoms with Crippen molar-refractivity contribution < 1.29 is 4.42 Å². The van der Waals surface area contributed by atoms with Crippen LogP contribution in [0.5, 0.6) is 0 Å². The Labute approximate surface area is 268 Å². The summed E-state index contributed by atoms with van der Waals surface area (Å²) in [6, 6.07) is 55.0. The second-order valence-electron chi connectivity index (χ2n) is 12.1. The maximum atomic E-state index is 12.8. The van der Waals surface area contributed by atoms with Crippen LogP contribution in [-0.4, -0.2) is 9.13 Å². The maximum Gasteiger partial charge on any atom is 0.344 e. The van der Waals surface area contributed by atoms with Crippen molar-refractivity contribution in [3.05, 3.63) is 168 Å². The molecule has 0 N–H and O–H groups in total. The number of hydrogen-bond donors (Lipinski definition) is 0. The summed E-state index contributed by atoms with van der Waals surface area (Å²) < 4.78 is 10.5. The molecule has 4 heteroatoms. The number of fused-ring (bicyclic) bond motifs is 9. The summed E-state index contributed by atoms with van der Waals surface area (Å²) >= 11 is 0. The largest absolute Gasteiger partial charge is 0.422 e. The van der Waals surface area contributed by atoms with Gasteiger partial charge in [-0.3, -0.25) is 0 Å². The van der Waals surface area contributed by atoms with E-state index in [1.165, 1.54) is 38.1 Å². The summed E-state index contributed by atoms with van der Waals surface area (Å²) in [5.74, 6) is 0. The van der Waals surface area contributed by atoms with Crippen LogP contribution >= 0.6 is 0 Å². The molecule has 3 aromatic heterocycles. The van der Waals surface area contributed by atoms with Crippen LogP contribution in [0.3, 0.4) is 0 Å². The van der Waals surface area contributed by atoms with Crippen LogP contribution in [0.2, 0.25) is 0 Å². The summed E-state index contributed by atoms with van der Waals surface area (Å²) in [5.41, 5.74) is 9.28. The molecule has 0 aliphatic heterocycles. The van der Waals surface area contributed by atoms with Crippen LogP contribution in [0.1, 0.15) is 0 Å². The Bertz CT molecular complexity index is 2930. The van der Waals surface area contributed by atoms with E-state index in [2.05, 4.69) is 137 Å². The molecule has 3 heterocycles. The standard InChI is InChI=1S/C43H26N2O2/c46-43-35-15-5-4-12-31(35)34-21-20-30(26-42(34)47-43)45-39-17-9-7-14-33(39)37-25-28(19-23-41(37)45)27-18-22-40-36(24-27)32-13-6-8-16-38(32)44(40)29-10-2-1-3-11-29/h1-26H. The van der Waals surface area contributed by atoms with Gasteiger partial charge in [-0.1, -0.05) is 84.9 Å². The molecule has 0 saturated heterocycles. The first-order valence-corrected chi connectivity index (χ1v) is 15.8. The van der Waals surface area contributed by atoms with E-state index < -0.39 is 0 Å². The summed E-state index contributed by atoms with van der Waals surface area (Å²) in [6.45, 7) is 0. The van der Waals surface area contributed by atoms with E-state index in [9.17, 15) is 4.79 Å². The molecular weight excluding hydrogens is 576 g/mol. The Morgan fingerprint density at radius 1 is 0.362 bits per heavy atom. The van der Waals surface area contributed by atoms with E-state index in [1.807, 2.05) is 30.3 Å². The average molecular weight is 603 g/mol. The number of hydrogen-bond acceptors (Lipinski definition) is 2. The second kappa shape index (κ2) is 9.80. The molecule has 7 aromatic carbocycles. The van der Waals surface area contributed by atoms with Crippen LogP contribution in [-0.2, 0) is 0 Å². The molecule has 220 valence electrons. The van der Waals surface area contributed by atoms with E-state index >= 15 is 0 Å². The third kappa shape index (κ3) is 3.79. The highest BCUT2D eigenvalue weighted by atomic mass is 16.4. The Kier molecular flexibility index (Phi) is 5.40. The average Bonchev–Trinajstić information content (AvgIpc) is 3.64. The molecule has 4 nitrogen and oxygen atoms in total. The van der Waals surface area contributed by atoms with Crippen molar-refractivity contribution in [3.8, 4) is 22.5 Å². The zero-order chi connectivity index (χ0) is 31.1. The number of benzene rings is 7. The lowest BCUT2D eigenvalue weighted by Gasteiger charge is -2.10. The van der Waals surface area contributed by atoms with E-state index in [1.54, 1.807) is 0 Å². The highest BCUT2D eigenvalue weighted by Gasteiger charge is 2.17. The molecule has 0 spiro atoms. The number of rotatable bonds is 3. The zero-order valence-corrected chi connectivity index (χ0v) is 25.2. The predicted molar refractivity (Wildman–Crippen MR) is 194 cm³/mol. The topological polar surface area (TPSA) is 40.1 Å². The van der Waals surface area contributed by atoms with Gasteiger partial charge in [-0.25, -0.2) is 4.79 Å². The third-order valence-electron chi connectivity index (χ3n) is 9.56. The van der Waals surface area contributed by atoms with Crippen molar-refractivity contribution in [2.75, 3.05) is 0 Å². The van der Waals surface area contributed by atoms with Crippen molar-refractivity contribution in [1.29, 1.82) is 0 Å². The fraction of sp³-hybridized carbons (Fsp3) is 0. The lowest BCUT2D eigenvalue weighted by molar-refractivity contribution is 0.569. The minimum atomic E-state index is -0.319. The maximum absolute atomic E-state index is 12.8. The molecule has 0 unspecified atom stereocenters. The third-order valence-corrected chi connectivity index (χ3v) is 9.56. The fourth-order valence-corrected chi connectivity index (χ4v) is 7.45. The van der Waals surface area contributed by atoms with Gasteiger partial charge in [0.1, 0.15) is 5.58 Å². The monoisotopic (exact) mass is 602 g/mol. The molecule has 0 bridgehead atoms. The molecule has 10 rings (SSSR count). The van der Waals surface area contributed by atoms with Crippen LogP contribution in [0.25, 0.3) is 87.9 Å². The van der Waals surface area contributed by atoms with Gasteiger partial charge in [0.2, 0.25) is 0 Å². The summed E-state index contributed by atoms with van der Waals surface area (Å²) in [6.07, 6.45) is 0. The minimum Gasteiger partial charge on any atom is -0.422 e. The molecule has 0 atom stereocenters. The Morgan fingerprint density at radius 3 is 1.51 bits per heavy atom. The number of nitrogens with zero attached hydrogens (tertiary/aromatic N) is 2. The lowest BCUT2D eigenvalue weighted by atomic mass is 10.0. The van der Waals surface area contributed by atoms with Crippen molar-refractivity contribution in [1.82, 2.24) is 9.13 Å². The quantitative estimate of drug-likeness (QED) is 0.149. The molecule has 0 aliphatic rings. The van der Waals surface area contributed by atoms with Gasteiger partial charge >= 0.3 is 5.63 Å². The van der Waals surface area contributed by atoms with E-state index in [0.717, 1.165) is 38.7 Å². The summed E-state index contributed by atoms with van der Waals surface area (Å²) in [4.78, 5) is 12.8. The van der Waals surface area contributed by atoms with Crippen LogP contribution < -0.4 is 5.63 Å². The summed E-state index contributed by atoms with van der Waals surface area (Å²) in [7, 11) is 0. The highest BCUT2D eigenvalue weighted by Crippen LogP contribution is 2.38. The van der Waals surface area contributed by atoms with Gasteiger partial charge in [0, 0.05) is 44.4 Å². The van der Waals surface area contributed by atoms with E-state index in [0.29, 0.717) is 11.0 Å². The molecule has 0 saturated carbocycles. The Morgan fingerprint density at radius 2 is 0.872 bits per heavy atom. The first kappa shape index (κ1) is 25.9. The molecule has 10 aromatic rings. The lowest BCUT2D eigenvalue weighted by Crippen LogP contribution is -2.00. The van der Waals surface area contributed by atoms with Crippen molar-refractivity contribution >= 4 is 65.4 Å². The van der Waals surface area contributed by atoms with E-state index in [-0.39, 0.29) is 5.63 Å². The molecule has 0 radical (unpaired) electrons. The first-order chi connectivity index (χ1) is 23.2. The fourth-order valence-electron chi connectivity index (χ4n) is 7.45. The smallest absolute Gasteiger partial charge is 0.344 e. The summed E-state index contributed by atoms with van der Waals surface area (Å²) in [5, 5.41) is 7.24. The SMILES string of the molecule is O=c1oc2cc(-n3c4ccccc4c4cc(-c5ccc6c(c5)c5ccccc5n6-c5ccccc5)ccc43)ccc2c2ccccc12. The molecular formula is C43H26N2O2. The molecule has 0 aliphatic carbocycles. The predicted octanol–water partition coefficient (Wildman–Crippen LogP) is 10.8. The van der Waals surface area contributed by atoms with Crippen LogP contribution in [0.15, 0.2) is 167 Å². The number of aromatic nitrogens is 2. The van der Waals surface area contributed by atoms with Gasteiger partial charge < -0.3 is 13.6 Å². The Balaban J connectivity index is 1.17. The van der Waals surface area contributed by atoms with Gasteiger partial charge in [0.05, 0.1) is 27.5 Å². The molecule has 0 amide bonds. The van der Waals surface area contributed by atoms with Crippen LogP contribution in [0.4, 0.5) is 0 Å². The van der Waals surface area contributed by atoms with Crippen molar-refractivity contribution in [3.63, 3.8) is 0 Å². The normalized spacial score (nSPS) is 11.9. The van der Waals surface area contributed by atoms with Crippen molar-refractivity contribution in [2.24, 2.45) is 0 Å². The molecule has 47 heavy (non-hydrogen) atoms. The van der Waals surface area contributed by atoms with Gasteiger partial charge in [-0.15, -0.1) is 0 Å². The van der Waals surface area contributed by atoms with Gasteiger partial charge in [0.15, 0.2) is 0 Å². The van der Waals surface area contributed by atoms with Crippen molar-refractivity contribution in [2.45, 2.75) is 0 Å². The molecule has 0 fully saturated rings. The van der Waals surface area contributed by atoms with E-state index in [4.69, 9.17) is 4.42 Å². The van der Waals surface area contributed by atoms with Gasteiger partial charge in [0.25, 0.3) is 0 Å². The first-order valence-electron chi connectivity index (χ1n) is 15.8.